The molecule has 0 atom stereocenters. The maximum Gasteiger partial charge on any atom is 0.203 e. The van der Waals surface area contributed by atoms with E-state index in [-0.39, 0.29) is 0 Å². The zero-order chi connectivity index (χ0) is 17.3. The van der Waals surface area contributed by atoms with Crippen molar-refractivity contribution in [2.45, 2.75) is 20.4 Å². The van der Waals surface area contributed by atoms with Gasteiger partial charge in [0.2, 0.25) is 5.95 Å². The smallest absolute Gasteiger partial charge is 0.203 e. The molecule has 3 nitrogen and oxygen atoms in total. The van der Waals surface area contributed by atoms with E-state index in [1.54, 1.807) is 6.07 Å². The summed E-state index contributed by atoms with van der Waals surface area (Å²) in [5, 5.41) is 4.46. The van der Waals surface area contributed by atoms with Crippen LogP contribution < -0.4 is 5.32 Å². The fourth-order valence-electron chi connectivity index (χ4n) is 2.60. The van der Waals surface area contributed by atoms with Crippen LogP contribution in [0.1, 0.15) is 16.7 Å². The summed E-state index contributed by atoms with van der Waals surface area (Å²) < 4.78 is 2.04. The zero-order valence-corrected chi connectivity index (χ0v) is 15.4. The van der Waals surface area contributed by atoms with Crippen molar-refractivity contribution in [3.63, 3.8) is 0 Å². The second kappa shape index (κ2) is 6.88. The lowest BCUT2D eigenvalue weighted by atomic mass is 10.0. The average Bonchev–Trinajstić information content (AvgIpc) is 2.92. The highest BCUT2D eigenvalue weighted by molar-refractivity contribution is 6.42. The van der Waals surface area contributed by atoms with Crippen LogP contribution in [-0.2, 0) is 13.6 Å². The van der Waals surface area contributed by atoms with E-state index in [0.717, 1.165) is 22.8 Å². The quantitative estimate of drug-likeness (QED) is 0.654. The lowest BCUT2D eigenvalue weighted by Gasteiger charge is -2.11. The second-order valence-electron chi connectivity index (χ2n) is 5.89. The summed E-state index contributed by atoms with van der Waals surface area (Å²) in [6.45, 7) is 4.80. The van der Waals surface area contributed by atoms with Crippen molar-refractivity contribution >= 4 is 29.2 Å². The second-order valence-corrected chi connectivity index (χ2v) is 6.68. The molecule has 0 fully saturated rings. The van der Waals surface area contributed by atoms with E-state index in [2.05, 4.69) is 42.3 Å². The molecule has 0 saturated heterocycles. The van der Waals surface area contributed by atoms with E-state index in [0.29, 0.717) is 16.6 Å². The fraction of sp³-hybridized carbons (Fsp3) is 0.211. The first-order valence-corrected chi connectivity index (χ1v) is 8.49. The van der Waals surface area contributed by atoms with Crippen molar-refractivity contribution in [1.29, 1.82) is 0 Å². The number of aryl methyl sites for hydroxylation is 2. The molecule has 0 aliphatic rings. The van der Waals surface area contributed by atoms with Crippen molar-refractivity contribution in [3.8, 4) is 11.3 Å². The Kier molecular flexibility index (Phi) is 4.83. The molecule has 2 aromatic carbocycles. The molecule has 124 valence electrons. The molecule has 1 aromatic heterocycles. The highest BCUT2D eigenvalue weighted by atomic mass is 35.5. The van der Waals surface area contributed by atoms with Crippen molar-refractivity contribution in [1.82, 2.24) is 9.55 Å². The number of nitrogens with one attached hydrogen (secondary N) is 1. The maximum absolute atomic E-state index is 6.23. The van der Waals surface area contributed by atoms with Crippen molar-refractivity contribution in [2.24, 2.45) is 7.05 Å². The Labute approximate surface area is 152 Å². The zero-order valence-electron chi connectivity index (χ0n) is 13.9. The van der Waals surface area contributed by atoms with Crippen molar-refractivity contribution < 1.29 is 0 Å². The number of aromatic nitrogens is 2. The van der Waals surface area contributed by atoms with E-state index in [1.807, 2.05) is 29.9 Å². The summed E-state index contributed by atoms with van der Waals surface area (Å²) >= 11 is 12.3. The topological polar surface area (TPSA) is 29.9 Å². The molecule has 0 aliphatic heterocycles. The first-order valence-electron chi connectivity index (χ1n) is 7.73. The minimum atomic E-state index is 0.562. The van der Waals surface area contributed by atoms with Gasteiger partial charge in [-0.25, -0.2) is 4.98 Å². The number of anilines is 1. The van der Waals surface area contributed by atoms with Crippen molar-refractivity contribution in [3.05, 3.63) is 69.3 Å². The van der Waals surface area contributed by atoms with Gasteiger partial charge in [-0.05, 0) is 42.7 Å². The molecule has 1 heterocycles. The van der Waals surface area contributed by atoms with Gasteiger partial charge in [-0.2, -0.15) is 0 Å². The predicted octanol–water partition coefficient (Wildman–Crippen LogP) is 5.62. The summed E-state index contributed by atoms with van der Waals surface area (Å²) in [5.41, 5.74) is 5.73. The third kappa shape index (κ3) is 3.28. The largest absolute Gasteiger partial charge is 0.352 e. The van der Waals surface area contributed by atoms with E-state index in [9.17, 15) is 0 Å². The first kappa shape index (κ1) is 16.9. The number of benzene rings is 2. The molecular formula is C19H19Cl2N3. The van der Waals surface area contributed by atoms with Crippen LogP contribution in [0.3, 0.4) is 0 Å². The fourth-order valence-corrected chi connectivity index (χ4v) is 2.99. The standard InChI is InChI=1S/C19H19Cl2N3/c1-12-7-8-14(9-13(12)2)17-11-23-19(24(17)3)22-10-15-5-4-6-16(20)18(15)21/h4-9,11H,10H2,1-3H3,(H,22,23). The summed E-state index contributed by atoms with van der Waals surface area (Å²) in [5.74, 6) is 0.791. The Bertz CT molecular complexity index is 884. The number of halogens is 2. The van der Waals surface area contributed by atoms with Crippen LogP contribution in [0.4, 0.5) is 5.95 Å². The Morgan fingerprint density at radius 3 is 2.62 bits per heavy atom. The van der Waals surface area contributed by atoms with Crippen LogP contribution in [0.5, 0.6) is 0 Å². The molecule has 1 N–H and O–H groups in total. The first-order chi connectivity index (χ1) is 11.5. The summed E-state index contributed by atoms with van der Waals surface area (Å²) in [7, 11) is 2.00. The van der Waals surface area contributed by atoms with Gasteiger partial charge in [-0.3, -0.25) is 0 Å². The van der Waals surface area contributed by atoms with Crippen molar-refractivity contribution in [2.75, 3.05) is 5.32 Å². The van der Waals surface area contributed by atoms with E-state index in [4.69, 9.17) is 23.2 Å². The van der Waals surface area contributed by atoms with Crippen LogP contribution in [-0.4, -0.2) is 9.55 Å². The van der Waals surface area contributed by atoms with Crippen LogP contribution in [0.25, 0.3) is 11.3 Å². The van der Waals surface area contributed by atoms with Crippen LogP contribution in [0.2, 0.25) is 10.0 Å². The van der Waals surface area contributed by atoms with E-state index in [1.165, 1.54) is 11.1 Å². The number of hydrogen-bond donors (Lipinski definition) is 1. The number of rotatable bonds is 4. The lowest BCUT2D eigenvalue weighted by Crippen LogP contribution is -2.06. The van der Waals surface area contributed by atoms with Crippen LogP contribution in [0, 0.1) is 13.8 Å². The molecule has 0 radical (unpaired) electrons. The molecule has 0 saturated carbocycles. The van der Waals surface area contributed by atoms with Gasteiger partial charge >= 0.3 is 0 Å². The van der Waals surface area contributed by atoms with Gasteiger partial charge in [-0.15, -0.1) is 0 Å². The van der Waals surface area contributed by atoms with Gasteiger partial charge < -0.3 is 9.88 Å². The minimum Gasteiger partial charge on any atom is -0.352 e. The molecule has 0 spiro atoms. The van der Waals surface area contributed by atoms with Gasteiger partial charge in [0, 0.05) is 19.2 Å². The van der Waals surface area contributed by atoms with Crippen LogP contribution >= 0.6 is 23.2 Å². The number of imidazole rings is 1. The van der Waals surface area contributed by atoms with E-state index >= 15 is 0 Å². The number of nitrogens with zero attached hydrogens (tertiary/aromatic N) is 2. The number of hydrogen-bond acceptors (Lipinski definition) is 2. The molecule has 24 heavy (non-hydrogen) atoms. The highest BCUT2D eigenvalue weighted by Gasteiger charge is 2.10. The third-order valence-corrected chi connectivity index (χ3v) is 5.12. The lowest BCUT2D eigenvalue weighted by molar-refractivity contribution is 0.906. The molecule has 0 bridgehead atoms. The molecule has 3 rings (SSSR count). The molecule has 0 aliphatic carbocycles. The van der Waals surface area contributed by atoms with E-state index < -0.39 is 0 Å². The van der Waals surface area contributed by atoms with Gasteiger partial charge in [0.25, 0.3) is 0 Å². The predicted molar refractivity (Wildman–Crippen MR) is 102 cm³/mol. The molecular weight excluding hydrogens is 341 g/mol. The maximum atomic E-state index is 6.23. The summed E-state index contributed by atoms with van der Waals surface area (Å²) in [4.78, 5) is 4.49. The molecule has 5 heteroatoms. The van der Waals surface area contributed by atoms with Gasteiger partial charge in [0.1, 0.15) is 0 Å². The summed E-state index contributed by atoms with van der Waals surface area (Å²) in [6, 6.07) is 12.1. The molecule has 0 unspecified atom stereocenters. The third-order valence-electron chi connectivity index (χ3n) is 4.26. The Balaban J connectivity index is 1.82. The Morgan fingerprint density at radius 1 is 1.08 bits per heavy atom. The highest BCUT2D eigenvalue weighted by Crippen LogP contribution is 2.27. The monoisotopic (exact) mass is 359 g/mol. The van der Waals surface area contributed by atoms with Gasteiger partial charge in [0.15, 0.2) is 0 Å². The van der Waals surface area contributed by atoms with Crippen LogP contribution in [0.15, 0.2) is 42.6 Å². The molecule has 3 aromatic rings. The Hall–Kier alpha value is -1.97. The Morgan fingerprint density at radius 2 is 1.88 bits per heavy atom. The van der Waals surface area contributed by atoms with Gasteiger partial charge in [-0.1, -0.05) is 47.5 Å². The average molecular weight is 360 g/mol. The normalized spacial score (nSPS) is 10.9. The minimum absolute atomic E-state index is 0.562. The molecule has 0 amide bonds. The SMILES string of the molecule is Cc1ccc(-c2cnc(NCc3cccc(Cl)c3Cl)n2C)cc1C. The summed E-state index contributed by atoms with van der Waals surface area (Å²) in [6.07, 6.45) is 1.88. The van der Waals surface area contributed by atoms with Gasteiger partial charge in [0.05, 0.1) is 21.9 Å².